The topological polar surface area (TPSA) is 44.5 Å². The summed E-state index contributed by atoms with van der Waals surface area (Å²) in [4.78, 5) is 0. The molecular weight excluding hydrogens is 238 g/mol. The van der Waals surface area contributed by atoms with E-state index >= 15 is 0 Å². The van der Waals surface area contributed by atoms with E-state index in [9.17, 15) is 0 Å². The van der Waals surface area contributed by atoms with E-state index in [2.05, 4.69) is 6.07 Å². The minimum Gasteiger partial charge on any atom is -0.482 e. The number of fused-ring (bicyclic) bond motifs is 2. The second kappa shape index (κ2) is 5.33. The van der Waals surface area contributed by atoms with Gasteiger partial charge >= 0.3 is 0 Å². The first-order chi connectivity index (χ1) is 9.38. The Morgan fingerprint density at radius 2 is 1.58 bits per heavy atom. The molecule has 1 aliphatic rings. The molecule has 0 radical (unpaired) electrons. The van der Waals surface area contributed by atoms with Crippen molar-refractivity contribution in [1.82, 2.24) is 0 Å². The van der Waals surface area contributed by atoms with Crippen LogP contribution in [0.2, 0.25) is 0 Å². The number of ether oxygens (including phenoxy) is 2. The molecule has 1 atom stereocenters. The molecular formula is C16H17NO2. The summed E-state index contributed by atoms with van der Waals surface area (Å²) in [5.74, 6) is 2.43. The first-order valence-electron chi connectivity index (χ1n) is 6.61. The Balaban J connectivity index is 2.01. The van der Waals surface area contributed by atoms with E-state index in [1.165, 1.54) is 0 Å². The summed E-state index contributed by atoms with van der Waals surface area (Å²) in [7, 11) is 0. The molecule has 1 aliphatic heterocycles. The highest BCUT2D eigenvalue weighted by Crippen LogP contribution is 2.42. The Hall–Kier alpha value is -2.00. The number of hydrogen-bond donors (Lipinski definition) is 1. The van der Waals surface area contributed by atoms with Gasteiger partial charge in [0, 0.05) is 5.56 Å². The summed E-state index contributed by atoms with van der Waals surface area (Å²) in [6, 6.07) is 15.8. The van der Waals surface area contributed by atoms with Crippen molar-refractivity contribution in [2.45, 2.75) is 18.9 Å². The molecule has 2 aromatic rings. The summed E-state index contributed by atoms with van der Waals surface area (Å²) in [5.41, 5.74) is 6.70. The highest BCUT2D eigenvalue weighted by atomic mass is 16.5. The van der Waals surface area contributed by atoms with Gasteiger partial charge in [0.15, 0.2) is 11.5 Å². The van der Waals surface area contributed by atoms with Crippen molar-refractivity contribution < 1.29 is 9.47 Å². The van der Waals surface area contributed by atoms with Crippen molar-refractivity contribution in [3.05, 3.63) is 54.1 Å². The molecule has 0 fully saturated rings. The predicted molar refractivity (Wildman–Crippen MR) is 74.6 cm³/mol. The molecule has 3 nitrogen and oxygen atoms in total. The zero-order chi connectivity index (χ0) is 13.1. The zero-order valence-corrected chi connectivity index (χ0v) is 10.7. The van der Waals surface area contributed by atoms with Crippen LogP contribution in [0.3, 0.4) is 0 Å². The van der Waals surface area contributed by atoms with Crippen LogP contribution in [0.25, 0.3) is 0 Å². The quantitative estimate of drug-likeness (QED) is 0.910. The molecule has 0 amide bonds. The van der Waals surface area contributed by atoms with Crippen molar-refractivity contribution in [1.29, 1.82) is 0 Å². The van der Waals surface area contributed by atoms with Gasteiger partial charge in [-0.15, -0.1) is 0 Å². The summed E-state index contributed by atoms with van der Waals surface area (Å²) >= 11 is 0. The molecule has 0 saturated heterocycles. The summed E-state index contributed by atoms with van der Waals surface area (Å²) in [6.07, 6.45) is 1.83. The van der Waals surface area contributed by atoms with Crippen molar-refractivity contribution in [2.75, 3.05) is 6.54 Å². The lowest BCUT2D eigenvalue weighted by Crippen LogP contribution is -2.09. The summed E-state index contributed by atoms with van der Waals surface area (Å²) < 4.78 is 12.1. The van der Waals surface area contributed by atoms with Gasteiger partial charge in [-0.05, 0) is 37.6 Å². The third-order valence-electron chi connectivity index (χ3n) is 3.27. The Morgan fingerprint density at radius 1 is 0.895 bits per heavy atom. The third kappa shape index (κ3) is 2.42. The van der Waals surface area contributed by atoms with Gasteiger partial charge in [0.05, 0.1) is 0 Å². The first-order valence-corrected chi connectivity index (χ1v) is 6.61. The third-order valence-corrected chi connectivity index (χ3v) is 3.27. The summed E-state index contributed by atoms with van der Waals surface area (Å²) in [5, 5.41) is 0. The van der Waals surface area contributed by atoms with Gasteiger partial charge in [-0.3, -0.25) is 0 Å². The van der Waals surface area contributed by atoms with Crippen molar-refractivity contribution in [3.8, 4) is 17.2 Å². The van der Waals surface area contributed by atoms with Crippen LogP contribution in [0.5, 0.6) is 17.2 Å². The van der Waals surface area contributed by atoms with E-state index in [4.69, 9.17) is 15.2 Å². The molecule has 2 aromatic carbocycles. The molecule has 3 heteroatoms. The van der Waals surface area contributed by atoms with Gasteiger partial charge in [0.2, 0.25) is 0 Å². The summed E-state index contributed by atoms with van der Waals surface area (Å²) in [6.45, 7) is 0.671. The maximum Gasteiger partial charge on any atom is 0.169 e. The molecule has 98 valence electrons. The number of para-hydroxylation sites is 3. The minimum atomic E-state index is 0.00315. The lowest BCUT2D eigenvalue weighted by atomic mass is 10.0. The number of hydrogen-bond acceptors (Lipinski definition) is 3. The van der Waals surface area contributed by atoms with Gasteiger partial charge in [0.25, 0.3) is 0 Å². The molecule has 0 spiro atoms. The highest BCUT2D eigenvalue weighted by Gasteiger charge is 2.23. The van der Waals surface area contributed by atoms with Crippen LogP contribution in [0.4, 0.5) is 0 Å². The normalized spacial score (nSPS) is 16.6. The Kier molecular flexibility index (Phi) is 3.38. The second-order valence-corrected chi connectivity index (χ2v) is 4.62. The van der Waals surface area contributed by atoms with E-state index in [0.29, 0.717) is 6.54 Å². The smallest absolute Gasteiger partial charge is 0.169 e. The van der Waals surface area contributed by atoms with E-state index in [1.807, 2.05) is 42.5 Å². The highest BCUT2D eigenvalue weighted by molar-refractivity contribution is 5.48. The average Bonchev–Trinajstić information content (AvgIpc) is 2.61. The second-order valence-electron chi connectivity index (χ2n) is 4.62. The van der Waals surface area contributed by atoms with Crippen LogP contribution in [0.15, 0.2) is 48.5 Å². The lowest BCUT2D eigenvalue weighted by Gasteiger charge is -2.17. The standard InChI is InChI=1S/C16H17NO2/c17-11-5-10-14-12-6-1-2-7-13(12)18-15-8-3-4-9-16(15)19-14/h1-4,6-9,14H,5,10-11,17H2. The number of rotatable bonds is 3. The van der Waals surface area contributed by atoms with Crippen LogP contribution in [-0.2, 0) is 0 Å². The number of benzene rings is 2. The van der Waals surface area contributed by atoms with Gasteiger partial charge in [-0.1, -0.05) is 30.3 Å². The fourth-order valence-electron chi connectivity index (χ4n) is 2.32. The molecule has 0 aliphatic carbocycles. The largest absolute Gasteiger partial charge is 0.482 e. The van der Waals surface area contributed by atoms with Crippen LogP contribution in [-0.4, -0.2) is 6.54 Å². The molecule has 0 saturated carbocycles. The first kappa shape index (κ1) is 12.1. The predicted octanol–water partition coefficient (Wildman–Crippen LogP) is 3.65. The van der Waals surface area contributed by atoms with E-state index in [1.54, 1.807) is 0 Å². The molecule has 19 heavy (non-hydrogen) atoms. The number of nitrogens with two attached hydrogens (primary N) is 1. The van der Waals surface area contributed by atoms with Crippen LogP contribution in [0.1, 0.15) is 24.5 Å². The van der Waals surface area contributed by atoms with Crippen LogP contribution < -0.4 is 15.2 Å². The molecule has 0 bridgehead atoms. The van der Waals surface area contributed by atoms with Gasteiger partial charge < -0.3 is 15.2 Å². The maximum atomic E-state index is 6.10. The van der Waals surface area contributed by atoms with Gasteiger partial charge in [0.1, 0.15) is 11.9 Å². The van der Waals surface area contributed by atoms with E-state index in [0.717, 1.165) is 35.7 Å². The zero-order valence-electron chi connectivity index (χ0n) is 10.7. The molecule has 3 rings (SSSR count). The monoisotopic (exact) mass is 255 g/mol. The minimum absolute atomic E-state index is 0.00315. The fraction of sp³-hybridized carbons (Fsp3) is 0.250. The SMILES string of the molecule is NCCCC1Oc2ccccc2Oc2ccccc21. The Bertz CT molecular complexity index is 568. The van der Waals surface area contributed by atoms with Crippen molar-refractivity contribution in [2.24, 2.45) is 5.73 Å². The average molecular weight is 255 g/mol. The molecule has 2 N–H and O–H groups in total. The van der Waals surface area contributed by atoms with Gasteiger partial charge in [-0.2, -0.15) is 0 Å². The van der Waals surface area contributed by atoms with Crippen molar-refractivity contribution in [3.63, 3.8) is 0 Å². The van der Waals surface area contributed by atoms with Gasteiger partial charge in [-0.25, -0.2) is 0 Å². The maximum absolute atomic E-state index is 6.10. The molecule has 1 unspecified atom stereocenters. The van der Waals surface area contributed by atoms with E-state index in [-0.39, 0.29) is 6.10 Å². The van der Waals surface area contributed by atoms with Crippen LogP contribution >= 0.6 is 0 Å². The molecule has 0 aromatic heterocycles. The Morgan fingerprint density at radius 3 is 2.37 bits per heavy atom. The fourth-order valence-corrected chi connectivity index (χ4v) is 2.32. The van der Waals surface area contributed by atoms with E-state index < -0.39 is 0 Å². The van der Waals surface area contributed by atoms with Crippen LogP contribution in [0, 0.1) is 0 Å². The van der Waals surface area contributed by atoms with Crippen molar-refractivity contribution >= 4 is 0 Å². The Labute approximate surface area is 113 Å². The molecule has 1 heterocycles. The lowest BCUT2D eigenvalue weighted by molar-refractivity contribution is 0.195.